The Morgan fingerprint density at radius 1 is 1.47 bits per heavy atom. The zero-order valence-electron chi connectivity index (χ0n) is 10.2. The number of nitrogens with two attached hydrogens (primary N) is 1. The molecule has 0 radical (unpaired) electrons. The van der Waals surface area contributed by atoms with Crippen molar-refractivity contribution >= 4 is 15.8 Å². The Morgan fingerprint density at radius 3 is 2.65 bits per heavy atom. The van der Waals surface area contributed by atoms with Gasteiger partial charge >= 0.3 is 0 Å². The SMILES string of the molecule is CS(=O)(=O)N1CCCC(CC(=O)C2(N)CC2)C1. The number of ketones is 1. The first-order chi connectivity index (χ1) is 7.81. The molecular formula is C11H20N2O3S. The maximum Gasteiger partial charge on any atom is 0.211 e. The minimum absolute atomic E-state index is 0.109. The van der Waals surface area contributed by atoms with Gasteiger partial charge in [0, 0.05) is 19.5 Å². The van der Waals surface area contributed by atoms with Crippen LogP contribution in [-0.2, 0) is 14.8 Å². The molecular weight excluding hydrogens is 240 g/mol. The molecule has 2 rings (SSSR count). The van der Waals surface area contributed by atoms with E-state index in [-0.39, 0.29) is 11.7 Å². The van der Waals surface area contributed by atoms with E-state index in [2.05, 4.69) is 0 Å². The van der Waals surface area contributed by atoms with E-state index in [0.717, 1.165) is 25.7 Å². The predicted molar refractivity (Wildman–Crippen MR) is 64.9 cm³/mol. The van der Waals surface area contributed by atoms with Gasteiger partial charge in [0.25, 0.3) is 0 Å². The van der Waals surface area contributed by atoms with Crippen molar-refractivity contribution in [3.63, 3.8) is 0 Å². The molecule has 6 heteroatoms. The minimum atomic E-state index is -3.12. The fourth-order valence-electron chi connectivity index (χ4n) is 2.37. The lowest BCUT2D eigenvalue weighted by Crippen LogP contribution is -2.42. The Balaban J connectivity index is 1.92. The normalized spacial score (nSPS) is 28.9. The van der Waals surface area contributed by atoms with Crippen molar-refractivity contribution < 1.29 is 13.2 Å². The van der Waals surface area contributed by atoms with Crippen LogP contribution in [0.3, 0.4) is 0 Å². The van der Waals surface area contributed by atoms with Gasteiger partial charge < -0.3 is 5.73 Å². The van der Waals surface area contributed by atoms with Crippen LogP contribution >= 0.6 is 0 Å². The third-order valence-corrected chi connectivity index (χ3v) is 5.04. The van der Waals surface area contributed by atoms with E-state index in [4.69, 9.17) is 5.73 Å². The third-order valence-electron chi connectivity index (χ3n) is 3.77. The third kappa shape index (κ3) is 3.05. The molecule has 2 fully saturated rings. The second-order valence-electron chi connectivity index (χ2n) is 5.41. The van der Waals surface area contributed by atoms with Crippen molar-refractivity contribution in [2.45, 2.75) is 37.6 Å². The summed E-state index contributed by atoms with van der Waals surface area (Å²) in [6.07, 6.45) is 4.99. The Hall–Kier alpha value is -0.460. The van der Waals surface area contributed by atoms with Crippen molar-refractivity contribution in [3.05, 3.63) is 0 Å². The number of carbonyl (C=O) groups excluding carboxylic acids is 1. The van der Waals surface area contributed by atoms with Crippen molar-refractivity contribution in [1.82, 2.24) is 4.31 Å². The van der Waals surface area contributed by atoms with E-state index in [9.17, 15) is 13.2 Å². The lowest BCUT2D eigenvalue weighted by molar-refractivity contribution is -0.122. The highest BCUT2D eigenvalue weighted by atomic mass is 32.2. The molecule has 1 unspecified atom stereocenters. The Bertz CT molecular complexity index is 414. The van der Waals surface area contributed by atoms with Gasteiger partial charge in [-0.05, 0) is 31.6 Å². The first kappa shape index (κ1) is 13.0. The molecule has 2 N–H and O–H groups in total. The first-order valence-electron chi connectivity index (χ1n) is 6.08. The number of Topliss-reactive ketones (excluding diaryl/α,β-unsaturated/α-hetero) is 1. The number of nitrogens with zero attached hydrogens (tertiary/aromatic N) is 1. The zero-order valence-corrected chi connectivity index (χ0v) is 11.0. The average molecular weight is 260 g/mol. The molecule has 0 aromatic rings. The maximum atomic E-state index is 11.9. The van der Waals surface area contributed by atoms with E-state index in [0.29, 0.717) is 19.5 Å². The van der Waals surface area contributed by atoms with Gasteiger partial charge in [-0.3, -0.25) is 4.79 Å². The molecule has 1 aliphatic heterocycles. The summed E-state index contributed by atoms with van der Waals surface area (Å²) in [4.78, 5) is 11.9. The van der Waals surface area contributed by atoms with Gasteiger partial charge in [0.1, 0.15) is 0 Å². The molecule has 5 nitrogen and oxygen atoms in total. The number of sulfonamides is 1. The van der Waals surface area contributed by atoms with E-state index < -0.39 is 15.6 Å². The number of rotatable bonds is 4. The standard InChI is InChI=1S/C11H20N2O3S/c1-17(15,16)13-6-2-3-9(8-13)7-10(14)11(12)4-5-11/h9H,2-8,12H2,1H3. The molecule has 0 aromatic heterocycles. The second kappa shape index (κ2) is 4.33. The lowest BCUT2D eigenvalue weighted by Gasteiger charge is -2.31. The van der Waals surface area contributed by atoms with E-state index in [1.807, 2.05) is 0 Å². The van der Waals surface area contributed by atoms with Gasteiger partial charge in [0.05, 0.1) is 11.8 Å². The molecule has 98 valence electrons. The monoisotopic (exact) mass is 260 g/mol. The van der Waals surface area contributed by atoms with Gasteiger partial charge in [0.15, 0.2) is 5.78 Å². The van der Waals surface area contributed by atoms with Crippen LogP contribution in [0.15, 0.2) is 0 Å². The topological polar surface area (TPSA) is 80.5 Å². The highest BCUT2D eigenvalue weighted by Crippen LogP contribution is 2.36. The molecule has 1 heterocycles. The van der Waals surface area contributed by atoms with Crippen molar-refractivity contribution in [1.29, 1.82) is 0 Å². The predicted octanol–water partition coefficient (Wildman–Crippen LogP) is 0.109. The Morgan fingerprint density at radius 2 is 2.12 bits per heavy atom. The number of hydrogen-bond acceptors (Lipinski definition) is 4. The van der Waals surface area contributed by atoms with Gasteiger partial charge in [-0.2, -0.15) is 0 Å². The van der Waals surface area contributed by atoms with Crippen LogP contribution in [0.1, 0.15) is 32.1 Å². The van der Waals surface area contributed by atoms with Crippen molar-refractivity contribution in [3.8, 4) is 0 Å². The minimum Gasteiger partial charge on any atom is -0.319 e. The molecule has 0 amide bonds. The summed E-state index contributed by atoms with van der Waals surface area (Å²) < 4.78 is 24.4. The highest BCUT2D eigenvalue weighted by molar-refractivity contribution is 7.88. The summed E-state index contributed by atoms with van der Waals surface area (Å²) in [5, 5.41) is 0. The van der Waals surface area contributed by atoms with Crippen LogP contribution < -0.4 is 5.73 Å². The van der Waals surface area contributed by atoms with Crippen LogP contribution in [0, 0.1) is 5.92 Å². The van der Waals surface area contributed by atoms with Crippen LogP contribution in [-0.4, -0.2) is 43.4 Å². The van der Waals surface area contributed by atoms with Gasteiger partial charge in [-0.25, -0.2) is 12.7 Å². The second-order valence-corrected chi connectivity index (χ2v) is 7.40. The summed E-state index contributed by atoms with van der Waals surface area (Å²) in [6, 6.07) is 0. The lowest BCUT2D eigenvalue weighted by atomic mass is 9.91. The Kier molecular flexibility index (Phi) is 3.31. The fraction of sp³-hybridized carbons (Fsp3) is 0.909. The number of carbonyl (C=O) groups is 1. The first-order valence-corrected chi connectivity index (χ1v) is 7.93. The van der Waals surface area contributed by atoms with Crippen molar-refractivity contribution in [2.24, 2.45) is 11.7 Å². The molecule has 0 spiro atoms. The van der Waals surface area contributed by atoms with Crippen LogP contribution in [0.4, 0.5) is 0 Å². The quantitative estimate of drug-likeness (QED) is 0.778. The fourth-order valence-corrected chi connectivity index (χ4v) is 3.32. The van der Waals surface area contributed by atoms with E-state index >= 15 is 0 Å². The molecule has 1 aliphatic carbocycles. The summed E-state index contributed by atoms with van der Waals surface area (Å²) in [6.45, 7) is 1.05. The molecule has 1 saturated carbocycles. The zero-order chi connectivity index (χ0) is 12.7. The molecule has 17 heavy (non-hydrogen) atoms. The molecule has 2 aliphatic rings. The van der Waals surface area contributed by atoms with Crippen LogP contribution in [0.25, 0.3) is 0 Å². The van der Waals surface area contributed by atoms with Gasteiger partial charge in [-0.15, -0.1) is 0 Å². The summed E-state index contributed by atoms with van der Waals surface area (Å²) >= 11 is 0. The van der Waals surface area contributed by atoms with Crippen molar-refractivity contribution in [2.75, 3.05) is 19.3 Å². The average Bonchev–Trinajstić information content (AvgIpc) is 2.97. The summed E-state index contributed by atoms with van der Waals surface area (Å²) in [5.74, 6) is 0.254. The molecule has 0 aromatic carbocycles. The number of piperidine rings is 1. The van der Waals surface area contributed by atoms with Crippen LogP contribution in [0.5, 0.6) is 0 Å². The summed E-state index contributed by atoms with van der Waals surface area (Å²) in [5.41, 5.74) is 5.27. The van der Waals surface area contributed by atoms with Gasteiger partial charge in [-0.1, -0.05) is 0 Å². The molecule has 0 bridgehead atoms. The van der Waals surface area contributed by atoms with Crippen LogP contribution in [0.2, 0.25) is 0 Å². The van der Waals surface area contributed by atoms with Gasteiger partial charge in [0.2, 0.25) is 10.0 Å². The molecule has 1 atom stereocenters. The molecule has 1 saturated heterocycles. The summed E-state index contributed by atoms with van der Waals surface area (Å²) in [7, 11) is -3.12. The Labute approximate surface area is 102 Å². The maximum absolute atomic E-state index is 11.9. The van der Waals surface area contributed by atoms with E-state index in [1.54, 1.807) is 0 Å². The highest BCUT2D eigenvalue weighted by Gasteiger charge is 2.46. The number of hydrogen-bond donors (Lipinski definition) is 1. The smallest absolute Gasteiger partial charge is 0.211 e. The van der Waals surface area contributed by atoms with E-state index in [1.165, 1.54) is 10.6 Å². The largest absolute Gasteiger partial charge is 0.319 e.